The van der Waals surface area contributed by atoms with Crippen molar-refractivity contribution >= 4 is 5.57 Å². The molecule has 0 aliphatic heterocycles. The van der Waals surface area contributed by atoms with E-state index >= 15 is 0 Å². The molecular weight excluding hydrogens is 132 g/mol. The minimum absolute atomic E-state index is 1.20. The molecule has 0 aromatic heterocycles. The fourth-order valence-corrected chi connectivity index (χ4v) is 0.937. The van der Waals surface area contributed by atoms with Crippen molar-refractivity contribution in [2.75, 3.05) is 0 Å². The first-order valence-corrected chi connectivity index (χ1v) is 3.59. The highest BCUT2D eigenvalue weighted by Gasteiger charge is 1.89. The van der Waals surface area contributed by atoms with Gasteiger partial charge in [-0.2, -0.15) is 0 Å². The Morgan fingerprint density at radius 1 is 1.36 bits per heavy atom. The molecule has 0 spiro atoms. The van der Waals surface area contributed by atoms with Crippen molar-refractivity contribution in [3.8, 4) is 0 Å². The molecule has 0 nitrogen and oxygen atoms in total. The van der Waals surface area contributed by atoms with E-state index in [1.807, 2.05) is 31.2 Å². The van der Waals surface area contributed by atoms with E-state index < -0.39 is 0 Å². The molecule has 0 aliphatic rings. The lowest BCUT2D eigenvalue weighted by Gasteiger charge is -1.97. The highest BCUT2D eigenvalue weighted by atomic mass is 13.9. The first-order chi connectivity index (χ1) is 5.34. The first kappa shape index (κ1) is 7.80. The Hall–Kier alpha value is -1.30. The van der Waals surface area contributed by atoms with Crippen LogP contribution in [0.5, 0.6) is 0 Å². The molecule has 1 aromatic rings. The maximum atomic E-state index is 3.52. The van der Waals surface area contributed by atoms with Crippen LogP contribution in [0.1, 0.15) is 12.5 Å². The zero-order valence-electron chi connectivity index (χ0n) is 6.67. The summed E-state index contributed by atoms with van der Waals surface area (Å²) in [7, 11) is 0. The van der Waals surface area contributed by atoms with Crippen LogP contribution in [0, 0.1) is 6.08 Å². The molecular formula is C11H11. The van der Waals surface area contributed by atoms with Crippen molar-refractivity contribution in [1.82, 2.24) is 0 Å². The van der Waals surface area contributed by atoms with Gasteiger partial charge in [-0.1, -0.05) is 43.0 Å². The van der Waals surface area contributed by atoms with Gasteiger partial charge in [0.1, 0.15) is 0 Å². The van der Waals surface area contributed by atoms with Gasteiger partial charge in [-0.05, 0) is 24.1 Å². The fourth-order valence-electron chi connectivity index (χ4n) is 0.937. The Labute approximate surface area is 67.9 Å². The second-order valence-corrected chi connectivity index (χ2v) is 2.40. The predicted molar refractivity (Wildman–Crippen MR) is 49.0 cm³/mol. The number of rotatable bonds is 2. The molecule has 11 heavy (non-hydrogen) atoms. The lowest BCUT2D eigenvalue weighted by molar-refractivity contribution is 1.56. The average molecular weight is 143 g/mol. The highest BCUT2D eigenvalue weighted by molar-refractivity contribution is 5.64. The van der Waals surface area contributed by atoms with Gasteiger partial charge in [0.2, 0.25) is 0 Å². The first-order valence-electron chi connectivity index (χ1n) is 3.59. The van der Waals surface area contributed by atoms with Crippen molar-refractivity contribution in [3.05, 3.63) is 54.6 Å². The molecule has 0 bridgehead atoms. The summed E-state index contributed by atoms with van der Waals surface area (Å²) in [5, 5.41) is 0. The number of benzene rings is 1. The quantitative estimate of drug-likeness (QED) is 0.558. The van der Waals surface area contributed by atoms with Gasteiger partial charge in [-0.25, -0.2) is 0 Å². The third-order valence-corrected chi connectivity index (χ3v) is 1.55. The molecule has 0 heterocycles. The minimum Gasteiger partial charge on any atom is -0.0912 e. The van der Waals surface area contributed by atoms with E-state index in [0.29, 0.717) is 0 Å². The third kappa shape index (κ3) is 2.08. The Kier molecular flexibility index (Phi) is 2.67. The van der Waals surface area contributed by atoms with E-state index in [1.165, 1.54) is 11.1 Å². The SMILES string of the molecule is C=[C]C=C(C)c1ccccc1. The lowest BCUT2D eigenvalue weighted by atomic mass is 10.1. The van der Waals surface area contributed by atoms with E-state index in [-0.39, 0.29) is 0 Å². The second-order valence-electron chi connectivity index (χ2n) is 2.40. The van der Waals surface area contributed by atoms with Crippen LogP contribution in [0.25, 0.3) is 5.57 Å². The Morgan fingerprint density at radius 2 is 2.00 bits per heavy atom. The summed E-state index contributed by atoms with van der Waals surface area (Å²) < 4.78 is 0. The van der Waals surface area contributed by atoms with Gasteiger partial charge >= 0.3 is 0 Å². The Balaban J connectivity index is 2.94. The summed E-state index contributed by atoms with van der Waals surface area (Å²) >= 11 is 0. The van der Waals surface area contributed by atoms with E-state index in [9.17, 15) is 0 Å². The number of allylic oxidation sites excluding steroid dienone is 3. The number of hydrogen-bond acceptors (Lipinski definition) is 0. The molecule has 0 saturated carbocycles. The van der Waals surface area contributed by atoms with Crippen LogP contribution in [-0.4, -0.2) is 0 Å². The third-order valence-electron chi connectivity index (χ3n) is 1.55. The summed E-state index contributed by atoms with van der Waals surface area (Å²) in [6.45, 7) is 5.57. The molecule has 0 fully saturated rings. The maximum Gasteiger partial charge on any atom is -0.0227 e. The van der Waals surface area contributed by atoms with Crippen LogP contribution >= 0.6 is 0 Å². The molecule has 55 valence electrons. The van der Waals surface area contributed by atoms with Crippen LogP contribution in [0.3, 0.4) is 0 Å². The lowest BCUT2D eigenvalue weighted by Crippen LogP contribution is -1.75. The standard InChI is InChI=1S/C11H11/c1-3-7-10(2)11-8-5-4-6-9-11/h4-9H,1H2,2H3. The predicted octanol–water partition coefficient (Wildman–Crippen LogP) is 3.08. The molecule has 0 heteroatoms. The smallest absolute Gasteiger partial charge is 0.0227 e. The van der Waals surface area contributed by atoms with Gasteiger partial charge in [0.05, 0.1) is 0 Å². The van der Waals surface area contributed by atoms with E-state index in [2.05, 4.69) is 24.8 Å². The van der Waals surface area contributed by atoms with Gasteiger partial charge in [0, 0.05) is 0 Å². The van der Waals surface area contributed by atoms with Gasteiger partial charge in [-0.3, -0.25) is 0 Å². The fraction of sp³-hybridized carbons (Fsp3) is 0.0909. The van der Waals surface area contributed by atoms with Crippen molar-refractivity contribution < 1.29 is 0 Å². The van der Waals surface area contributed by atoms with Crippen molar-refractivity contribution in [1.29, 1.82) is 0 Å². The zero-order valence-corrected chi connectivity index (χ0v) is 6.67. The topological polar surface area (TPSA) is 0 Å². The van der Waals surface area contributed by atoms with Crippen LogP contribution in [0.4, 0.5) is 0 Å². The summed E-state index contributed by atoms with van der Waals surface area (Å²) in [6.07, 6.45) is 4.64. The summed E-state index contributed by atoms with van der Waals surface area (Å²) in [6, 6.07) is 10.2. The van der Waals surface area contributed by atoms with Crippen LogP contribution in [0.2, 0.25) is 0 Å². The molecule has 0 amide bonds. The summed E-state index contributed by atoms with van der Waals surface area (Å²) in [5.74, 6) is 0. The summed E-state index contributed by atoms with van der Waals surface area (Å²) in [5.41, 5.74) is 2.42. The van der Waals surface area contributed by atoms with E-state index in [4.69, 9.17) is 0 Å². The normalized spacial score (nSPS) is 11.2. The second kappa shape index (κ2) is 3.77. The van der Waals surface area contributed by atoms with Crippen LogP contribution < -0.4 is 0 Å². The molecule has 1 aromatic carbocycles. The van der Waals surface area contributed by atoms with Gasteiger partial charge in [0.25, 0.3) is 0 Å². The Morgan fingerprint density at radius 3 is 2.55 bits per heavy atom. The largest absolute Gasteiger partial charge is 0.0912 e. The molecule has 0 atom stereocenters. The molecule has 0 saturated heterocycles. The molecule has 0 N–H and O–H groups in total. The van der Waals surface area contributed by atoms with Crippen molar-refractivity contribution in [2.24, 2.45) is 0 Å². The summed E-state index contributed by atoms with van der Waals surface area (Å²) in [4.78, 5) is 0. The molecule has 1 radical (unpaired) electrons. The van der Waals surface area contributed by atoms with Crippen LogP contribution in [0.15, 0.2) is 43.0 Å². The molecule has 1 rings (SSSR count). The molecule has 0 unspecified atom stereocenters. The van der Waals surface area contributed by atoms with Crippen molar-refractivity contribution in [3.63, 3.8) is 0 Å². The molecule has 0 aliphatic carbocycles. The zero-order chi connectivity index (χ0) is 8.10. The maximum absolute atomic E-state index is 3.52. The van der Waals surface area contributed by atoms with Gasteiger partial charge in [0.15, 0.2) is 0 Å². The van der Waals surface area contributed by atoms with Gasteiger partial charge < -0.3 is 0 Å². The van der Waals surface area contributed by atoms with Crippen LogP contribution in [-0.2, 0) is 0 Å². The van der Waals surface area contributed by atoms with Gasteiger partial charge in [-0.15, -0.1) is 0 Å². The van der Waals surface area contributed by atoms with E-state index in [1.54, 1.807) is 0 Å². The van der Waals surface area contributed by atoms with E-state index in [0.717, 1.165) is 0 Å². The minimum atomic E-state index is 1.20. The number of hydrogen-bond donors (Lipinski definition) is 0. The Bertz CT molecular complexity index is 255. The average Bonchev–Trinajstić information content (AvgIpc) is 2.07. The van der Waals surface area contributed by atoms with Crippen molar-refractivity contribution in [2.45, 2.75) is 6.92 Å². The highest BCUT2D eigenvalue weighted by Crippen LogP contribution is 2.11. The monoisotopic (exact) mass is 143 g/mol.